The van der Waals surface area contributed by atoms with Crippen LogP contribution in [-0.2, 0) is 25.5 Å². The number of ketones is 1. The first-order valence-corrected chi connectivity index (χ1v) is 16.5. The Kier molecular flexibility index (Phi) is 8.08. The van der Waals surface area contributed by atoms with Crippen LogP contribution in [-0.4, -0.2) is 74.0 Å². The minimum absolute atomic E-state index is 0.0489. The molecule has 1 aromatic heterocycles. The normalized spacial score (nSPS) is 28.5. The second kappa shape index (κ2) is 12.3. The topological polar surface area (TPSA) is 181 Å². The Morgan fingerprint density at radius 3 is 2.31 bits per heavy atom. The number of fused-ring (bicyclic) bond motifs is 1. The van der Waals surface area contributed by atoms with Crippen molar-refractivity contribution in [2.45, 2.75) is 75.7 Å². The largest absolute Gasteiger partial charge is 0.488 e. The molecule has 4 saturated carbocycles. The third kappa shape index (κ3) is 5.97. The number of nitro benzene ring substituents is 1. The number of amides is 2. The average Bonchev–Trinajstić information content (AvgIpc) is 3.66. The molecule has 1 saturated heterocycles. The number of rotatable bonds is 10. The van der Waals surface area contributed by atoms with Crippen molar-refractivity contribution in [1.82, 2.24) is 15.2 Å². The van der Waals surface area contributed by atoms with Crippen molar-refractivity contribution >= 4 is 40.3 Å². The van der Waals surface area contributed by atoms with Gasteiger partial charge in [-0.15, -0.1) is 0 Å². The van der Waals surface area contributed by atoms with Gasteiger partial charge in [-0.2, -0.15) is 0 Å². The molecule has 0 unspecified atom stereocenters. The van der Waals surface area contributed by atoms with Crippen LogP contribution in [0.15, 0.2) is 54.7 Å². The van der Waals surface area contributed by atoms with Gasteiger partial charge in [0.1, 0.15) is 29.5 Å². The molecule has 13 heteroatoms. The predicted octanol–water partition coefficient (Wildman–Crippen LogP) is 4.63. The number of Topliss-reactive ketones (excluding diaryl/α,β-unsaturated/α-hetero) is 1. The lowest BCUT2D eigenvalue weighted by Gasteiger charge is -2.53. The second-order valence-electron chi connectivity index (χ2n) is 14.2. The highest BCUT2D eigenvalue weighted by Crippen LogP contribution is 2.54. The Labute approximate surface area is 276 Å². The maximum absolute atomic E-state index is 14.3. The Hall–Kier alpha value is -4.94. The van der Waals surface area contributed by atoms with Crippen molar-refractivity contribution in [3.05, 3.63) is 70.4 Å². The quantitative estimate of drug-likeness (QED) is 0.159. The number of hydrogen-bond acceptors (Lipinski definition) is 8. The highest BCUT2D eigenvalue weighted by atomic mass is 16.6. The predicted molar refractivity (Wildman–Crippen MR) is 171 cm³/mol. The van der Waals surface area contributed by atoms with E-state index >= 15 is 0 Å². The number of non-ortho nitro benzene ring substituents is 1. The van der Waals surface area contributed by atoms with Gasteiger partial charge in [-0.1, -0.05) is 18.2 Å². The molecule has 2 aromatic carbocycles. The monoisotopic (exact) mass is 658 g/mol. The van der Waals surface area contributed by atoms with Gasteiger partial charge in [0, 0.05) is 42.1 Å². The van der Waals surface area contributed by atoms with Crippen molar-refractivity contribution in [3.8, 4) is 5.75 Å². The zero-order valence-corrected chi connectivity index (χ0v) is 26.5. The van der Waals surface area contributed by atoms with Gasteiger partial charge < -0.3 is 29.8 Å². The van der Waals surface area contributed by atoms with Gasteiger partial charge in [0.05, 0.1) is 11.5 Å². The molecule has 13 nitrogen and oxygen atoms in total. The zero-order chi connectivity index (χ0) is 33.7. The number of hydrogen-bond donors (Lipinski definition) is 3. The van der Waals surface area contributed by atoms with Gasteiger partial charge in [0.15, 0.2) is 0 Å². The summed E-state index contributed by atoms with van der Waals surface area (Å²) < 4.78 is 11.9. The number of aromatic nitrogens is 1. The van der Waals surface area contributed by atoms with Crippen LogP contribution < -0.4 is 10.1 Å². The number of likely N-dealkylation sites (tertiary alicyclic amines) is 1. The fourth-order valence-corrected chi connectivity index (χ4v) is 8.83. The molecule has 0 radical (unpaired) electrons. The Bertz CT molecular complexity index is 1740. The fourth-order valence-electron chi connectivity index (χ4n) is 8.83. The van der Waals surface area contributed by atoms with Crippen LogP contribution in [0.25, 0.3) is 10.9 Å². The average molecular weight is 659 g/mol. The van der Waals surface area contributed by atoms with Crippen molar-refractivity contribution in [3.63, 3.8) is 0 Å². The summed E-state index contributed by atoms with van der Waals surface area (Å²) in [5.74, 6) is -1.15. The van der Waals surface area contributed by atoms with Gasteiger partial charge in [-0.25, -0.2) is 9.59 Å². The molecule has 5 aliphatic rings. The molecule has 252 valence electrons. The van der Waals surface area contributed by atoms with E-state index < -0.39 is 46.4 Å². The number of H-pyrrole nitrogens is 1. The number of para-hydroxylation sites is 1. The standard InChI is InChI=1S/C35H38N4O9/c1-35(16-23-17-36-28-5-3-2-4-27(23)28,37-34(44)48-30-21-11-19-10-20(13-21)14-22(30)12-19)31(40)32(41)38-18-26(15-29(38)33(42)43)47-25-8-6-24(7-9-25)39(45)46/h2-9,17,19-22,26,29-30,36H,10-16,18H2,1H3,(H,37,44)(H,42,43)/t19?,20?,21?,22?,26-,29-,30?,35-/m1/s1. The van der Waals surface area contributed by atoms with E-state index in [1.165, 1.54) is 37.6 Å². The molecular weight excluding hydrogens is 620 g/mol. The summed E-state index contributed by atoms with van der Waals surface area (Å²) in [6.07, 6.45) is 5.15. The van der Waals surface area contributed by atoms with E-state index in [1.54, 1.807) is 6.20 Å². The highest BCUT2D eigenvalue weighted by Gasteiger charge is 2.52. The minimum atomic E-state index is -1.77. The van der Waals surface area contributed by atoms with Gasteiger partial charge in [-0.3, -0.25) is 19.7 Å². The molecular formula is C35H38N4O9. The van der Waals surface area contributed by atoms with E-state index in [0.29, 0.717) is 17.4 Å². The maximum Gasteiger partial charge on any atom is 0.408 e. The van der Waals surface area contributed by atoms with Gasteiger partial charge in [-0.05, 0) is 86.5 Å². The number of carbonyl (C=O) groups is 4. The van der Waals surface area contributed by atoms with E-state index in [4.69, 9.17) is 9.47 Å². The molecule has 3 N–H and O–H groups in total. The lowest BCUT2D eigenvalue weighted by atomic mass is 9.55. The van der Waals surface area contributed by atoms with Crippen molar-refractivity contribution in [1.29, 1.82) is 0 Å². The molecule has 48 heavy (non-hydrogen) atoms. The number of nitrogens with one attached hydrogen (secondary N) is 2. The Morgan fingerprint density at radius 2 is 1.67 bits per heavy atom. The molecule has 8 rings (SSSR count). The number of carboxylic acid groups (broad SMARTS) is 1. The molecule has 0 spiro atoms. The van der Waals surface area contributed by atoms with E-state index in [2.05, 4.69) is 10.3 Å². The summed E-state index contributed by atoms with van der Waals surface area (Å²) in [5, 5.41) is 24.6. The number of aliphatic carboxylic acids is 1. The highest BCUT2D eigenvalue weighted by molar-refractivity contribution is 6.40. The van der Waals surface area contributed by atoms with Crippen LogP contribution >= 0.6 is 0 Å². The van der Waals surface area contributed by atoms with Gasteiger partial charge in [0.25, 0.3) is 11.6 Å². The lowest BCUT2D eigenvalue weighted by Crippen LogP contribution is -2.60. The number of nitro groups is 1. The number of ether oxygens (including phenoxy) is 2. The number of benzene rings is 2. The van der Waals surface area contributed by atoms with Crippen molar-refractivity contribution in [2.24, 2.45) is 23.7 Å². The summed E-state index contributed by atoms with van der Waals surface area (Å²) >= 11 is 0. The van der Waals surface area contributed by atoms with E-state index in [0.717, 1.165) is 41.5 Å². The first-order chi connectivity index (χ1) is 23.0. The van der Waals surface area contributed by atoms with Crippen LogP contribution in [0.2, 0.25) is 0 Å². The minimum Gasteiger partial charge on any atom is -0.488 e. The number of alkyl carbamates (subject to hydrolysis) is 1. The number of nitrogens with zero attached hydrogens (tertiary/aromatic N) is 2. The first kappa shape index (κ1) is 31.6. The van der Waals surface area contributed by atoms with Gasteiger partial charge >= 0.3 is 12.1 Å². The summed E-state index contributed by atoms with van der Waals surface area (Å²) in [7, 11) is 0. The molecule has 4 bridgehead atoms. The first-order valence-electron chi connectivity index (χ1n) is 16.5. The fraction of sp³-hybridized carbons (Fsp3) is 0.486. The lowest BCUT2D eigenvalue weighted by molar-refractivity contribution is -0.384. The third-order valence-corrected chi connectivity index (χ3v) is 10.8. The summed E-state index contributed by atoms with van der Waals surface area (Å²) in [5.41, 5.74) is -0.393. The van der Waals surface area contributed by atoms with Gasteiger partial charge in [0.2, 0.25) is 5.78 Å². The van der Waals surface area contributed by atoms with E-state index in [9.17, 15) is 34.4 Å². The molecule has 5 fully saturated rings. The van der Waals surface area contributed by atoms with Crippen LogP contribution in [0.1, 0.15) is 51.0 Å². The van der Waals surface area contributed by atoms with Crippen LogP contribution in [0.4, 0.5) is 10.5 Å². The van der Waals surface area contributed by atoms with Crippen molar-refractivity contribution in [2.75, 3.05) is 6.54 Å². The Morgan fingerprint density at radius 1 is 1.00 bits per heavy atom. The number of carboxylic acids is 1. The maximum atomic E-state index is 14.3. The molecule has 2 amide bonds. The number of carbonyl (C=O) groups excluding carboxylic acids is 3. The van der Waals surface area contributed by atoms with E-state index in [-0.39, 0.29) is 48.8 Å². The molecule has 3 aromatic rings. The molecule has 4 aliphatic carbocycles. The summed E-state index contributed by atoms with van der Waals surface area (Å²) in [6, 6.07) is 11.4. The second-order valence-corrected chi connectivity index (χ2v) is 14.2. The number of aromatic amines is 1. The van der Waals surface area contributed by atoms with E-state index in [1.807, 2.05) is 24.3 Å². The smallest absolute Gasteiger partial charge is 0.408 e. The summed E-state index contributed by atoms with van der Waals surface area (Å²) in [6.45, 7) is 1.27. The van der Waals surface area contributed by atoms with Crippen molar-refractivity contribution < 1.29 is 38.7 Å². The molecule has 3 atom stereocenters. The zero-order valence-electron chi connectivity index (χ0n) is 26.5. The SMILES string of the molecule is C[C@](Cc1c[nH]c2ccccc12)(NC(=O)OC1C2CC3CC(C2)CC1C3)C(=O)C(=O)N1C[C@H](Oc2ccc([N+](=O)[O-])cc2)C[C@@H]1C(=O)O. The molecule has 2 heterocycles. The Balaban J connectivity index is 1.11. The third-order valence-electron chi connectivity index (χ3n) is 10.8. The molecule has 1 aliphatic heterocycles. The van der Waals surface area contributed by atoms with Crippen LogP contribution in [0.5, 0.6) is 5.75 Å². The van der Waals surface area contributed by atoms with Crippen LogP contribution in [0, 0.1) is 33.8 Å². The van der Waals surface area contributed by atoms with Crippen LogP contribution in [0.3, 0.4) is 0 Å². The summed E-state index contributed by atoms with van der Waals surface area (Å²) in [4.78, 5) is 68.7.